The number of rotatable bonds is 1. The van der Waals surface area contributed by atoms with E-state index >= 15 is 0 Å². The fraction of sp³-hybridized carbons (Fsp3) is 0.333. The van der Waals surface area contributed by atoms with Crippen LogP contribution in [0.4, 0.5) is 4.39 Å². The molecule has 5 heavy (non-hydrogen) atoms. The lowest BCUT2D eigenvalue weighted by molar-refractivity contribution is 0.512. The van der Waals surface area contributed by atoms with Crippen molar-refractivity contribution in [2.24, 2.45) is 0 Å². The van der Waals surface area contributed by atoms with Gasteiger partial charge in [-0.3, -0.25) is 0 Å². The second kappa shape index (κ2) is 2.21. The molecule has 0 N–H and O–H groups in total. The fourth-order valence-corrected chi connectivity index (χ4v) is 0. The number of allylic oxidation sites excluding steroid dienone is 1. The van der Waals surface area contributed by atoms with Crippen molar-refractivity contribution in [1.29, 1.82) is 0 Å². The van der Waals surface area contributed by atoms with E-state index in [2.05, 4.69) is 18.2 Å². The smallest absolute Gasteiger partial charge is 0.192 e. The van der Waals surface area contributed by atoms with E-state index in [9.17, 15) is 4.39 Å². The molecular weight excluding hydrogens is 90.5 g/mol. The van der Waals surface area contributed by atoms with E-state index in [1.807, 2.05) is 0 Å². The molecule has 0 saturated carbocycles. The highest BCUT2D eigenvalue weighted by Gasteiger charge is 1.83. The predicted octanol–water partition coefficient (Wildman–Crippen LogP) is 1.51. The van der Waals surface area contributed by atoms with Crippen LogP contribution in [0.25, 0.3) is 0 Å². The van der Waals surface area contributed by atoms with Gasteiger partial charge in [-0.2, -0.15) is 0 Å². The van der Waals surface area contributed by atoms with Crippen molar-refractivity contribution in [3.05, 3.63) is 12.7 Å². The van der Waals surface area contributed by atoms with Gasteiger partial charge in [-0.15, -0.1) is 0 Å². The minimum absolute atomic E-state index is 0.765. The average molecular weight is 93.5 g/mol. The summed E-state index contributed by atoms with van der Waals surface area (Å²) in [5, 5.41) is 0. The van der Waals surface area contributed by atoms with E-state index in [0.29, 0.717) is 0 Å². The highest BCUT2D eigenvalue weighted by Crippen LogP contribution is 1.93. The molecular formula is C3H3ClF. The first-order chi connectivity index (χ1) is 2.27. The van der Waals surface area contributed by atoms with Crippen molar-refractivity contribution >= 4 is 11.6 Å². The van der Waals surface area contributed by atoms with E-state index in [4.69, 9.17) is 0 Å². The zero-order valence-corrected chi connectivity index (χ0v) is 3.24. The molecule has 0 amide bonds. The summed E-state index contributed by atoms with van der Waals surface area (Å²) in [6.45, 7) is 4.54. The monoisotopic (exact) mass is 93.0 g/mol. The molecule has 0 fully saturated rings. The van der Waals surface area contributed by atoms with Crippen LogP contribution in [0.1, 0.15) is 0 Å². The first-order valence-corrected chi connectivity index (χ1v) is 1.54. The average Bonchev–Trinajstić information content (AvgIpc) is 1.38. The van der Waals surface area contributed by atoms with Gasteiger partial charge in [0.1, 0.15) is 0 Å². The lowest BCUT2D eigenvalue weighted by atomic mass is 10.7. The highest BCUT2D eigenvalue weighted by molar-refractivity contribution is 6.20. The summed E-state index contributed by atoms with van der Waals surface area (Å²) in [4.78, 5) is 0. The van der Waals surface area contributed by atoms with Gasteiger partial charge in [-0.1, -0.05) is 18.2 Å². The second-order valence-electron chi connectivity index (χ2n) is 0.527. The van der Waals surface area contributed by atoms with Crippen LogP contribution < -0.4 is 0 Å². The zero-order chi connectivity index (χ0) is 4.28. The molecule has 0 aliphatic rings. The molecule has 0 rings (SSSR count). The molecule has 0 aliphatic carbocycles. The molecule has 0 aromatic rings. The largest absolute Gasteiger partial charge is 0.225 e. The van der Waals surface area contributed by atoms with Crippen molar-refractivity contribution in [3.8, 4) is 0 Å². The minimum atomic E-state index is -1.49. The molecule has 0 aromatic heterocycles. The molecule has 1 atom stereocenters. The van der Waals surface area contributed by atoms with E-state index in [0.717, 1.165) is 6.08 Å². The molecule has 0 bridgehead atoms. The Kier molecular flexibility index (Phi) is 2.19. The van der Waals surface area contributed by atoms with E-state index in [1.165, 1.54) is 0 Å². The summed E-state index contributed by atoms with van der Waals surface area (Å²) >= 11 is 4.61. The number of alkyl halides is 2. The Morgan fingerprint density at radius 2 is 2.20 bits per heavy atom. The van der Waals surface area contributed by atoms with Gasteiger partial charge in [-0.05, 0) is 6.08 Å². The van der Waals surface area contributed by atoms with E-state index in [-0.39, 0.29) is 0 Å². The first kappa shape index (κ1) is 4.96. The van der Waals surface area contributed by atoms with Crippen LogP contribution >= 0.6 is 11.6 Å². The van der Waals surface area contributed by atoms with Crippen LogP contribution in [0.5, 0.6) is 0 Å². The molecule has 0 saturated heterocycles. The molecule has 0 nitrogen and oxygen atoms in total. The van der Waals surface area contributed by atoms with E-state index < -0.39 is 5.63 Å². The summed E-state index contributed by atoms with van der Waals surface area (Å²) in [5.74, 6) is 0. The Hall–Kier alpha value is -0.0400. The van der Waals surface area contributed by atoms with Gasteiger partial charge in [0.2, 0.25) is 0 Å². The van der Waals surface area contributed by atoms with Crippen molar-refractivity contribution in [3.63, 3.8) is 0 Å². The molecule has 0 aliphatic heterocycles. The summed E-state index contributed by atoms with van der Waals surface area (Å²) in [7, 11) is 0. The normalized spacial score (nSPS) is 14.0. The molecule has 2 heteroatoms. The molecule has 1 unspecified atom stereocenters. The molecule has 1 radical (unpaired) electrons. The lowest BCUT2D eigenvalue weighted by Gasteiger charge is -1.76. The third-order valence-corrected chi connectivity index (χ3v) is 0.291. The SMILES string of the molecule is [CH]=CC(F)Cl. The van der Waals surface area contributed by atoms with Crippen LogP contribution in [0.3, 0.4) is 0 Å². The summed E-state index contributed by atoms with van der Waals surface area (Å²) in [6.07, 6.45) is 0.765. The van der Waals surface area contributed by atoms with Crippen molar-refractivity contribution in [1.82, 2.24) is 0 Å². The zero-order valence-electron chi connectivity index (χ0n) is 2.49. The maximum Gasteiger partial charge on any atom is 0.192 e. The maximum absolute atomic E-state index is 11.0. The fourth-order valence-electron chi connectivity index (χ4n) is 0. The number of hydrogen-bond donors (Lipinski definition) is 0. The predicted molar refractivity (Wildman–Crippen MR) is 19.6 cm³/mol. The van der Waals surface area contributed by atoms with Crippen LogP contribution in [-0.4, -0.2) is 5.63 Å². The van der Waals surface area contributed by atoms with Gasteiger partial charge in [0.15, 0.2) is 5.63 Å². The Balaban J connectivity index is 2.83. The Morgan fingerprint density at radius 1 is 2.00 bits per heavy atom. The molecule has 0 heterocycles. The van der Waals surface area contributed by atoms with Gasteiger partial charge in [-0.25, -0.2) is 4.39 Å². The van der Waals surface area contributed by atoms with Crippen LogP contribution in [0, 0.1) is 6.58 Å². The summed E-state index contributed by atoms with van der Waals surface area (Å²) in [5.41, 5.74) is -1.49. The van der Waals surface area contributed by atoms with Gasteiger partial charge < -0.3 is 0 Å². The van der Waals surface area contributed by atoms with E-state index in [1.54, 1.807) is 0 Å². The van der Waals surface area contributed by atoms with Crippen molar-refractivity contribution in [2.45, 2.75) is 5.63 Å². The van der Waals surface area contributed by atoms with Crippen molar-refractivity contribution in [2.75, 3.05) is 0 Å². The highest BCUT2D eigenvalue weighted by atomic mass is 35.5. The molecule has 29 valence electrons. The van der Waals surface area contributed by atoms with Gasteiger partial charge >= 0.3 is 0 Å². The topological polar surface area (TPSA) is 0 Å². The Labute approximate surface area is 35.2 Å². The van der Waals surface area contributed by atoms with Crippen LogP contribution in [-0.2, 0) is 0 Å². The Morgan fingerprint density at radius 3 is 2.20 bits per heavy atom. The molecule has 0 aromatic carbocycles. The minimum Gasteiger partial charge on any atom is -0.225 e. The quantitative estimate of drug-likeness (QED) is 0.431. The number of halogens is 2. The standard InChI is InChI=1S/C3H3ClF/c1-2-3(4)5/h1-3H. The summed E-state index contributed by atoms with van der Waals surface area (Å²) < 4.78 is 11.0. The van der Waals surface area contributed by atoms with Crippen LogP contribution in [0.15, 0.2) is 6.08 Å². The lowest BCUT2D eigenvalue weighted by Crippen LogP contribution is -1.72. The first-order valence-electron chi connectivity index (χ1n) is 1.10. The number of hydrogen-bond acceptors (Lipinski definition) is 0. The van der Waals surface area contributed by atoms with Gasteiger partial charge in [0.05, 0.1) is 0 Å². The summed E-state index contributed by atoms with van der Waals surface area (Å²) in [6, 6.07) is 0. The molecule has 0 spiro atoms. The van der Waals surface area contributed by atoms with Crippen LogP contribution in [0.2, 0.25) is 0 Å². The maximum atomic E-state index is 11.0. The third kappa shape index (κ3) is 3.96. The Bertz CT molecular complexity index is 33.9. The second-order valence-corrected chi connectivity index (χ2v) is 0.944. The third-order valence-electron chi connectivity index (χ3n) is 0.145. The van der Waals surface area contributed by atoms with Gasteiger partial charge in [0.25, 0.3) is 0 Å². The van der Waals surface area contributed by atoms with Gasteiger partial charge in [0, 0.05) is 0 Å². The van der Waals surface area contributed by atoms with Crippen molar-refractivity contribution < 1.29 is 4.39 Å².